The maximum absolute atomic E-state index is 12.7. The first-order valence-electron chi connectivity index (χ1n) is 6.20. The molecule has 0 aliphatic carbocycles. The van der Waals surface area contributed by atoms with E-state index in [1.165, 1.54) is 13.8 Å². The minimum atomic E-state index is -4.94. The lowest BCUT2D eigenvalue weighted by Crippen LogP contribution is -2.30. The summed E-state index contributed by atoms with van der Waals surface area (Å²) in [7, 11) is 1.09. The standard InChI is InChI=1S/C14H13F6NO2/c1-12(2,11(22)23-3)21-7-8-4-9(13(15,16)17)6-10(5-8)14(18,19)20/h4-7H,1-3H3/b21-7+. The van der Waals surface area contributed by atoms with E-state index >= 15 is 0 Å². The molecule has 0 aliphatic heterocycles. The Kier molecular flexibility index (Phi) is 5.13. The SMILES string of the molecule is COC(=O)C(C)(C)/N=C/c1cc(C(F)(F)F)cc(C(F)(F)F)c1. The molecule has 3 nitrogen and oxygen atoms in total. The molecule has 0 spiro atoms. The van der Waals surface area contributed by atoms with Gasteiger partial charge in [0.25, 0.3) is 0 Å². The van der Waals surface area contributed by atoms with Gasteiger partial charge in [0, 0.05) is 6.21 Å². The number of aliphatic imine (C=N–C) groups is 1. The molecule has 0 saturated carbocycles. The highest BCUT2D eigenvalue weighted by atomic mass is 19.4. The largest absolute Gasteiger partial charge is 0.467 e. The fraction of sp³-hybridized carbons (Fsp3) is 0.429. The fourth-order valence-corrected chi connectivity index (χ4v) is 1.59. The minimum Gasteiger partial charge on any atom is -0.467 e. The number of methoxy groups -OCH3 is 1. The molecule has 0 N–H and O–H groups in total. The number of esters is 1. The zero-order chi connectivity index (χ0) is 18.1. The van der Waals surface area contributed by atoms with Crippen molar-refractivity contribution in [3.05, 3.63) is 34.9 Å². The zero-order valence-corrected chi connectivity index (χ0v) is 12.3. The van der Waals surface area contributed by atoms with Crippen LogP contribution in [0, 0.1) is 0 Å². The Morgan fingerprint density at radius 3 is 1.78 bits per heavy atom. The van der Waals surface area contributed by atoms with Crippen molar-refractivity contribution in [2.24, 2.45) is 4.99 Å². The second-order valence-corrected chi connectivity index (χ2v) is 5.15. The number of hydrogen-bond donors (Lipinski definition) is 0. The Balaban J connectivity index is 3.34. The van der Waals surface area contributed by atoms with E-state index in [9.17, 15) is 31.1 Å². The molecule has 1 aromatic rings. The molecular weight excluding hydrogens is 328 g/mol. The van der Waals surface area contributed by atoms with Gasteiger partial charge in [0.2, 0.25) is 0 Å². The summed E-state index contributed by atoms with van der Waals surface area (Å²) in [4.78, 5) is 15.1. The topological polar surface area (TPSA) is 38.7 Å². The number of carbonyl (C=O) groups is 1. The maximum Gasteiger partial charge on any atom is 0.416 e. The predicted molar refractivity (Wildman–Crippen MR) is 70.1 cm³/mol. The molecule has 1 aromatic carbocycles. The molecule has 0 bridgehead atoms. The summed E-state index contributed by atoms with van der Waals surface area (Å²) < 4.78 is 80.7. The number of halogens is 6. The lowest BCUT2D eigenvalue weighted by Gasteiger charge is -2.16. The van der Waals surface area contributed by atoms with E-state index in [2.05, 4.69) is 9.73 Å². The third-order valence-electron chi connectivity index (χ3n) is 2.83. The monoisotopic (exact) mass is 341 g/mol. The van der Waals surface area contributed by atoms with Gasteiger partial charge in [-0.25, -0.2) is 4.79 Å². The van der Waals surface area contributed by atoms with Crippen LogP contribution in [0.4, 0.5) is 26.3 Å². The van der Waals surface area contributed by atoms with Gasteiger partial charge in [0.15, 0.2) is 5.54 Å². The van der Waals surface area contributed by atoms with Gasteiger partial charge in [-0.05, 0) is 37.6 Å². The normalized spacial score (nSPS) is 13.4. The van der Waals surface area contributed by atoms with Gasteiger partial charge in [-0.2, -0.15) is 26.3 Å². The van der Waals surface area contributed by atoms with Crippen LogP contribution in [0.1, 0.15) is 30.5 Å². The van der Waals surface area contributed by atoms with Crippen LogP contribution in [-0.2, 0) is 21.9 Å². The van der Waals surface area contributed by atoms with Crippen molar-refractivity contribution in [3.63, 3.8) is 0 Å². The number of ether oxygens (including phenoxy) is 1. The second-order valence-electron chi connectivity index (χ2n) is 5.15. The third-order valence-corrected chi connectivity index (χ3v) is 2.83. The van der Waals surface area contributed by atoms with Crippen molar-refractivity contribution in [3.8, 4) is 0 Å². The smallest absolute Gasteiger partial charge is 0.416 e. The van der Waals surface area contributed by atoms with Crippen LogP contribution in [0.25, 0.3) is 0 Å². The molecule has 0 radical (unpaired) electrons. The zero-order valence-electron chi connectivity index (χ0n) is 12.3. The molecule has 0 saturated heterocycles. The summed E-state index contributed by atoms with van der Waals surface area (Å²) in [5.41, 5.74) is -4.78. The van der Waals surface area contributed by atoms with E-state index in [-0.39, 0.29) is 6.07 Å². The van der Waals surface area contributed by atoms with Crippen LogP contribution < -0.4 is 0 Å². The van der Waals surface area contributed by atoms with Crippen molar-refractivity contribution in [1.82, 2.24) is 0 Å². The number of rotatable bonds is 3. The molecular formula is C14H13F6NO2. The highest BCUT2D eigenvalue weighted by molar-refractivity contribution is 5.86. The number of carbonyl (C=O) groups excluding carboxylic acids is 1. The van der Waals surface area contributed by atoms with Crippen LogP contribution in [0.3, 0.4) is 0 Å². The van der Waals surface area contributed by atoms with E-state index in [4.69, 9.17) is 0 Å². The van der Waals surface area contributed by atoms with Crippen LogP contribution in [-0.4, -0.2) is 24.8 Å². The number of hydrogen-bond acceptors (Lipinski definition) is 3. The van der Waals surface area contributed by atoms with Crippen molar-refractivity contribution in [1.29, 1.82) is 0 Å². The van der Waals surface area contributed by atoms with Crippen molar-refractivity contribution < 1.29 is 35.9 Å². The van der Waals surface area contributed by atoms with Gasteiger partial charge < -0.3 is 4.74 Å². The van der Waals surface area contributed by atoms with Crippen molar-refractivity contribution >= 4 is 12.2 Å². The molecule has 0 amide bonds. The van der Waals surface area contributed by atoms with E-state index in [0.717, 1.165) is 13.3 Å². The first-order chi connectivity index (χ1) is 10.3. The van der Waals surface area contributed by atoms with E-state index in [1.54, 1.807) is 0 Å². The summed E-state index contributed by atoms with van der Waals surface area (Å²) in [5, 5.41) is 0. The van der Waals surface area contributed by atoms with Gasteiger partial charge in [0.05, 0.1) is 18.2 Å². The Hall–Kier alpha value is -2.06. The van der Waals surface area contributed by atoms with Crippen LogP contribution in [0.2, 0.25) is 0 Å². The van der Waals surface area contributed by atoms with Crippen LogP contribution in [0.5, 0.6) is 0 Å². The average molecular weight is 341 g/mol. The molecule has 0 atom stereocenters. The summed E-state index contributed by atoms with van der Waals surface area (Å²) in [6.07, 6.45) is -9.11. The molecule has 0 unspecified atom stereocenters. The number of benzene rings is 1. The van der Waals surface area contributed by atoms with Crippen LogP contribution >= 0.6 is 0 Å². The molecule has 23 heavy (non-hydrogen) atoms. The number of alkyl halides is 6. The van der Waals surface area contributed by atoms with Crippen LogP contribution in [0.15, 0.2) is 23.2 Å². The predicted octanol–water partition coefficient (Wildman–Crippen LogP) is 4.09. The van der Waals surface area contributed by atoms with Gasteiger partial charge in [-0.1, -0.05) is 0 Å². The molecule has 0 aromatic heterocycles. The molecule has 9 heteroatoms. The molecule has 1 rings (SSSR count). The summed E-state index contributed by atoms with van der Waals surface area (Å²) in [5.74, 6) is -0.781. The van der Waals surface area contributed by atoms with E-state index in [0.29, 0.717) is 12.1 Å². The van der Waals surface area contributed by atoms with Crippen molar-refractivity contribution in [2.45, 2.75) is 31.7 Å². The Morgan fingerprint density at radius 1 is 1.00 bits per heavy atom. The van der Waals surface area contributed by atoms with Gasteiger partial charge >= 0.3 is 18.3 Å². The quantitative estimate of drug-likeness (QED) is 0.472. The lowest BCUT2D eigenvalue weighted by molar-refractivity contribution is -0.146. The molecule has 128 valence electrons. The first kappa shape index (κ1) is 19.0. The van der Waals surface area contributed by atoms with E-state index in [1.807, 2.05) is 0 Å². The maximum atomic E-state index is 12.7. The highest BCUT2D eigenvalue weighted by Crippen LogP contribution is 2.36. The number of nitrogens with zero attached hydrogens (tertiary/aromatic N) is 1. The highest BCUT2D eigenvalue weighted by Gasteiger charge is 2.37. The van der Waals surface area contributed by atoms with E-state index < -0.39 is 40.6 Å². The van der Waals surface area contributed by atoms with Gasteiger partial charge in [-0.15, -0.1) is 0 Å². The minimum absolute atomic E-state index is 0.0167. The molecule has 0 heterocycles. The van der Waals surface area contributed by atoms with Crippen molar-refractivity contribution in [2.75, 3.05) is 7.11 Å². The Bertz CT molecular complexity index is 584. The third kappa shape index (κ3) is 4.97. The van der Waals surface area contributed by atoms with Gasteiger partial charge in [0.1, 0.15) is 0 Å². The Labute approximate surface area is 128 Å². The second kappa shape index (κ2) is 6.21. The fourth-order valence-electron chi connectivity index (χ4n) is 1.59. The molecule has 0 fully saturated rings. The summed E-state index contributed by atoms with van der Waals surface area (Å²) in [6.45, 7) is 2.63. The lowest BCUT2D eigenvalue weighted by atomic mass is 10.0. The molecule has 0 aliphatic rings. The summed E-state index contributed by atoms with van der Waals surface area (Å²) >= 11 is 0. The Morgan fingerprint density at radius 2 is 1.43 bits per heavy atom. The summed E-state index contributed by atoms with van der Waals surface area (Å²) in [6, 6.07) is 1.06. The first-order valence-corrected chi connectivity index (χ1v) is 6.20. The average Bonchev–Trinajstić information content (AvgIpc) is 2.42. The van der Waals surface area contributed by atoms with Gasteiger partial charge in [-0.3, -0.25) is 4.99 Å².